The fourth-order valence-electron chi connectivity index (χ4n) is 3.94. The zero-order valence-electron chi connectivity index (χ0n) is 36.6. The zero-order valence-corrected chi connectivity index (χ0v) is 36.6. The van der Waals surface area contributed by atoms with Crippen molar-refractivity contribution in [2.24, 2.45) is 11.8 Å². The molecule has 0 unspecified atom stereocenters. The van der Waals surface area contributed by atoms with Gasteiger partial charge in [-0.15, -0.1) is 26.0 Å². The minimum Gasteiger partial charge on any atom is -0.498 e. The molecule has 53 heavy (non-hydrogen) atoms. The zero-order chi connectivity index (χ0) is 41.8. The van der Waals surface area contributed by atoms with Gasteiger partial charge in [0.2, 0.25) is 0 Å². The van der Waals surface area contributed by atoms with Crippen molar-refractivity contribution < 1.29 is 9.47 Å². The Morgan fingerprint density at radius 2 is 1.28 bits per heavy atom. The molecule has 298 valence electrons. The third-order valence-electron chi connectivity index (χ3n) is 6.80. The van der Waals surface area contributed by atoms with Gasteiger partial charge in [-0.2, -0.15) is 0 Å². The summed E-state index contributed by atoms with van der Waals surface area (Å²) in [5.74, 6) is 3.23. The van der Waals surface area contributed by atoms with Gasteiger partial charge in [-0.05, 0) is 105 Å². The van der Waals surface area contributed by atoms with E-state index in [4.69, 9.17) is 15.2 Å². The quantitative estimate of drug-likeness (QED) is 0.0751. The average molecular weight is 729 g/mol. The van der Waals surface area contributed by atoms with Gasteiger partial charge in [0.15, 0.2) is 0 Å². The Balaban J connectivity index is -0.000000425. The van der Waals surface area contributed by atoms with Crippen LogP contribution < -0.4 is 15.8 Å². The van der Waals surface area contributed by atoms with Crippen molar-refractivity contribution in [3.63, 3.8) is 0 Å². The van der Waals surface area contributed by atoms with Crippen LogP contribution >= 0.6 is 0 Å². The number of terminal acetylenes is 1. The molecule has 0 saturated carbocycles. The van der Waals surface area contributed by atoms with E-state index in [2.05, 4.69) is 151 Å². The summed E-state index contributed by atoms with van der Waals surface area (Å²) in [4.78, 5) is 0. The van der Waals surface area contributed by atoms with Gasteiger partial charge in [-0.25, -0.2) is 0 Å². The number of rotatable bonds is 12. The summed E-state index contributed by atoms with van der Waals surface area (Å²) >= 11 is 0. The topological polar surface area (TPSA) is 56.5 Å². The SMILES string of the molecule is C#C.C=C.C=C(NC=C(C1=CC=C(OCCCCOc2ccc(C)cc2)C1)C(C)C)/C(C)=C\C.CC(C)C.CCC.CCC.Cc1cccc(C)c1N. The van der Waals surface area contributed by atoms with Crippen molar-refractivity contribution in [1.82, 2.24) is 5.32 Å². The van der Waals surface area contributed by atoms with E-state index in [9.17, 15) is 0 Å². The van der Waals surface area contributed by atoms with Crippen LogP contribution in [0.2, 0.25) is 0 Å². The van der Waals surface area contributed by atoms with Gasteiger partial charge in [-0.3, -0.25) is 0 Å². The van der Waals surface area contributed by atoms with E-state index in [1.807, 2.05) is 51.1 Å². The van der Waals surface area contributed by atoms with Gasteiger partial charge < -0.3 is 20.5 Å². The lowest BCUT2D eigenvalue weighted by Crippen LogP contribution is -2.09. The second kappa shape index (κ2) is 37.4. The molecule has 4 heteroatoms. The van der Waals surface area contributed by atoms with E-state index in [1.54, 1.807) is 0 Å². The molecule has 0 heterocycles. The van der Waals surface area contributed by atoms with Crippen LogP contribution in [0.15, 0.2) is 115 Å². The molecule has 0 bridgehead atoms. The highest BCUT2D eigenvalue weighted by Gasteiger charge is 2.16. The highest BCUT2D eigenvalue weighted by molar-refractivity contribution is 5.52. The van der Waals surface area contributed by atoms with Gasteiger partial charge in [0.05, 0.1) is 13.2 Å². The number of nitrogens with two attached hydrogens (primary N) is 1. The van der Waals surface area contributed by atoms with Gasteiger partial charge in [0, 0.05) is 24.0 Å². The van der Waals surface area contributed by atoms with Crippen molar-refractivity contribution in [2.45, 2.75) is 129 Å². The first-order valence-electron chi connectivity index (χ1n) is 19.3. The van der Waals surface area contributed by atoms with Crippen LogP contribution in [0.1, 0.15) is 125 Å². The lowest BCUT2D eigenvalue weighted by molar-refractivity contribution is 0.192. The Morgan fingerprint density at radius 1 is 0.830 bits per heavy atom. The number of hydrogen-bond acceptors (Lipinski definition) is 4. The van der Waals surface area contributed by atoms with Gasteiger partial charge >= 0.3 is 0 Å². The molecule has 3 N–H and O–H groups in total. The Labute approximate surface area is 329 Å². The van der Waals surface area contributed by atoms with Crippen LogP contribution in [0.4, 0.5) is 5.69 Å². The van der Waals surface area contributed by atoms with Crippen molar-refractivity contribution in [1.29, 1.82) is 0 Å². The maximum atomic E-state index is 5.99. The van der Waals surface area contributed by atoms with Crippen molar-refractivity contribution in [2.75, 3.05) is 18.9 Å². The van der Waals surface area contributed by atoms with Crippen LogP contribution in [0.25, 0.3) is 0 Å². The summed E-state index contributed by atoms with van der Waals surface area (Å²) in [6.45, 7) is 41.2. The largest absolute Gasteiger partial charge is 0.498 e. The first kappa shape index (κ1) is 55.4. The molecule has 0 atom stereocenters. The summed E-state index contributed by atoms with van der Waals surface area (Å²) in [5, 5.41) is 3.35. The fraction of sp³-hybridized carbons (Fsp3) is 0.469. The molecule has 0 amide bonds. The van der Waals surface area contributed by atoms with E-state index in [0.29, 0.717) is 5.92 Å². The van der Waals surface area contributed by atoms with Gasteiger partial charge in [-0.1, -0.05) is 130 Å². The average Bonchev–Trinajstić information content (AvgIpc) is 3.59. The Kier molecular flexibility index (Phi) is 39.1. The molecule has 4 nitrogen and oxygen atoms in total. The molecule has 0 radical (unpaired) electrons. The van der Waals surface area contributed by atoms with E-state index in [0.717, 1.165) is 78.0 Å². The minimum atomic E-state index is 0.425. The normalized spacial score (nSPS) is 11.3. The number of nitrogen functional groups attached to an aromatic ring is 1. The standard InChI is InChI=1S/C27H37NO2.C8H11N.C4H10.2C3H8.C2H4.C2H2/c1-7-22(5)23(6)28-19-27(20(2)3)24-12-15-26(18-24)30-17-9-8-16-29-25-13-10-21(4)11-14-25;1-6-4-3-5-7(2)8(6)9;1-4(2)3;2*1-3-2;2*1-2/h7,10-15,19-20,28H,6,8-9,16-18H2,1-5H3;3-5H,9H2,1-2H3;4H,1-3H3;2*3H2,1-2H3;1-2H2;1-2H/b22-7-,27-19?;;;;;;. The number of hydrogen-bond donors (Lipinski definition) is 2. The second-order valence-electron chi connectivity index (χ2n) is 13.5. The number of anilines is 1. The molecule has 0 aromatic heterocycles. The van der Waals surface area contributed by atoms with Crippen LogP contribution in [-0.2, 0) is 4.74 Å². The molecule has 2 aromatic rings. The molecule has 3 rings (SSSR count). The lowest BCUT2D eigenvalue weighted by Gasteiger charge is -2.16. The maximum Gasteiger partial charge on any atom is 0.119 e. The molecule has 0 aliphatic heterocycles. The minimum absolute atomic E-state index is 0.425. The number of aryl methyl sites for hydroxylation is 3. The summed E-state index contributed by atoms with van der Waals surface area (Å²) in [6, 6.07) is 14.2. The monoisotopic (exact) mass is 729 g/mol. The third-order valence-corrected chi connectivity index (χ3v) is 6.80. The highest BCUT2D eigenvalue weighted by Crippen LogP contribution is 2.30. The molecule has 0 spiro atoms. The van der Waals surface area contributed by atoms with Crippen LogP contribution in [0.5, 0.6) is 5.75 Å². The van der Waals surface area contributed by atoms with E-state index >= 15 is 0 Å². The third kappa shape index (κ3) is 30.9. The molecule has 1 aliphatic rings. The van der Waals surface area contributed by atoms with Crippen LogP contribution in [0.3, 0.4) is 0 Å². The van der Waals surface area contributed by atoms with E-state index in [-0.39, 0.29) is 0 Å². The molecular formula is C49H80N2O2. The summed E-state index contributed by atoms with van der Waals surface area (Å²) < 4.78 is 11.8. The molecule has 0 fully saturated rings. The molecule has 1 aliphatic carbocycles. The Bertz CT molecular complexity index is 1310. The first-order valence-corrected chi connectivity index (χ1v) is 19.3. The van der Waals surface area contributed by atoms with E-state index in [1.165, 1.54) is 29.6 Å². The number of nitrogens with one attached hydrogen (secondary N) is 1. The Morgan fingerprint density at radius 3 is 1.70 bits per heavy atom. The summed E-state index contributed by atoms with van der Waals surface area (Å²) in [7, 11) is 0. The maximum absolute atomic E-state index is 5.99. The smallest absolute Gasteiger partial charge is 0.119 e. The lowest BCUT2D eigenvalue weighted by atomic mass is 9.95. The van der Waals surface area contributed by atoms with Gasteiger partial charge in [0.25, 0.3) is 0 Å². The number of ether oxygens (including phenoxy) is 2. The highest BCUT2D eigenvalue weighted by atomic mass is 16.5. The summed E-state index contributed by atoms with van der Waals surface area (Å²) in [5.41, 5.74) is 14.9. The predicted molar refractivity (Wildman–Crippen MR) is 241 cm³/mol. The van der Waals surface area contributed by atoms with Crippen LogP contribution in [0, 0.1) is 45.5 Å². The molecular weight excluding hydrogens is 649 g/mol. The van der Waals surface area contributed by atoms with Crippen LogP contribution in [-0.4, -0.2) is 13.2 Å². The predicted octanol–water partition coefficient (Wildman–Crippen LogP) is 14.4. The van der Waals surface area contributed by atoms with Crippen molar-refractivity contribution in [3.8, 4) is 18.6 Å². The van der Waals surface area contributed by atoms with Crippen molar-refractivity contribution in [3.05, 3.63) is 131 Å². The van der Waals surface area contributed by atoms with Gasteiger partial charge in [0.1, 0.15) is 11.5 Å². The number of unbranched alkanes of at least 4 members (excludes halogenated alkanes) is 1. The van der Waals surface area contributed by atoms with E-state index < -0.39 is 0 Å². The number of benzene rings is 2. The second-order valence-corrected chi connectivity index (χ2v) is 13.5. The molecule has 2 aromatic carbocycles. The van der Waals surface area contributed by atoms with Crippen molar-refractivity contribution >= 4 is 5.69 Å². The first-order chi connectivity index (χ1) is 25.2. The Hall–Kier alpha value is -4.36. The fourth-order valence-corrected chi connectivity index (χ4v) is 3.94. The number of allylic oxidation sites excluding steroid dienone is 6. The summed E-state index contributed by atoms with van der Waals surface area (Å²) in [6.07, 6.45) is 21.7. The number of para-hydroxylation sites is 1. The molecule has 0 saturated heterocycles.